The van der Waals surface area contributed by atoms with Gasteiger partial charge in [0.2, 0.25) is 5.91 Å². The van der Waals surface area contributed by atoms with E-state index in [4.69, 9.17) is 4.98 Å². The Kier molecular flexibility index (Phi) is 5.05. The van der Waals surface area contributed by atoms with Crippen LogP contribution < -0.4 is 5.43 Å². The molecule has 2 aliphatic heterocycles. The summed E-state index contributed by atoms with van der Waals surface area (Å²) in [6.07, 6.45) is 10.1. The van der Waals surface area contributed by atoms with E-state index in [2.05, 4.69) is 40.3 Å². The van der Waals surface area contributed by atoms with Gasteiger partial charge < -0.3 is 14.9 Å². The number of pyridine rings is 1. The SMILES string of the molecule is C[C@H]1C[C@@H](Cn2ccc3cc(C4C=NNC4)cnc32)CN1C(=O)C1CC=C(F)CC1. The molecule has 0 bridgehead atoms. The van der Waals surface area contributed by atoms with Gasteiger partial charge in [-0.1, -0.05) is 6.08 Å². The van der Waals surface area contributed by atoms with Crippen LogP contribution in [0.1, 0.15) is 44.1 Å². The molecule has 3 aliphatic rings. The number of rotatable bonds is 4. The minimum Gasteiger partial charge on any atom is -0.339 e. The minimum atomic E-state index is -0.0713. The molecule has 0 spiro atoms. The van der Waals surface area contributed by atoms with Crippen molar-refractivity contribution >= 4 is 23.2 Å². The number of aromatic nitrogens is 2. The van der Waals surface area contributed by atoms with Crippen molar-refractivity contribution in [1.29, 1.82) is 0 Å². The lowest BCUT2D eigenvalue weighted by molar-refractivity contribution is -0.136. The van der Waals surface area contributed by atoms with Gasteiger partial charge in [-0.15, -0.1) is 0 Å². The zero-order valence-corrected chi connectivity index (χ0v) is 17.3. The zero-order valence-electron chi connectivity index (χ0n) is 17.3. The van der Waals surface area contributed by atoms with Crippen molar-refractivity contribution in [3.8, 4) is 0 Å². The van der Waals surface area contributed by atoms with Crippen LogP contribution in [0.2, 0.25) is 0 Å². The molecule has 1 N–H and O–H groups in total. The van der Waals surface area contributed by atoms with Gasteiger partial charge in [-0.25, -0.2) is 9.37 Å². The minimum absolute atomic E-state index is 0.0631. The number of hydrogen-bond donors (Lipinski definition) is 1. The molecule has 0 aromatic carbocycles. The second-order valence-corrected chi connectivity index (χ2v) is 8.96. The summed E-state index contributed by atoms with van der Waals surface area (Å²) in [7, 11) is 0. The number of amides is 1. The number of carbonyl (C=O) groups is 1. The Morgan fingerprint density at radius 3 is 3.07 bits per heavy atom. The maximum Gasteiger partial charge on any atom is 0.226 e. The highest BCUT2D eigenvalue weighted by Gasteiger charge is 2.36. The van der Waals surface area contributed by atoms with Crippen LogP contribution >= 0.6 is 0 Å². The molecule has 2 unspecified atom stereocenters. The zero-order chi connectivity index (χ0) is 20.7. The van der Waals surface area contributed by atoms with Crippen LogP contribution in [-0.2, 0) is 11.3 Å². The number of nitrogens with zero attached hydrogens (tertiary/aromatic N) is 4. The number of hydrogen-bond acceptors (Lipinski definition) is 4. The predicted octanol–water partition coefficient (Wildman–Crippen LogP) is 3.60. The van der Waals surface area contributed by atoms with E-state index >= 15 is 0 Å². The first-order valence-corrected chi connectivity index (χ1v) is 10.9. The summed E-state index contributed by atoms with van der Waals surface area (Å²) >= 11 is 0. The van der Waals surface area contributed by atoms with Crippen LogP contribution in [0.5, 0.6) is 0 Å². The number of fused-ring (bicyclic) bond motifs is 1. The fourth-order valence-corrected chi connectivity index (χ4v) is 5.12. The number of halogens is 1. The van der Waals surface area contributed by atoms with E-state index in [1.165, 1.54) is 5.56 Å². The first-order chi connectivity index (χ1) is 14.6. The van der Waals surface area contributed by atoms with Crippen molar-refractivity contribution in [2.75, 3.05) is 13.1 Å². The molecule has 158 valence electrons. The maximum atomic E-state index is 13.3. The van der Waals surface area contributed by atoms with Gasteiger partial charge in [-0.3, -0.25) is 4.79 Å². The van der Waals surface area contributed by atoms with Crippen LogP contribution in [0.3, 0.4) is 0 Å². The molecule has 4 heterocycles. The van der Waals surface area contributed by atoms with E-state index in [0.29, 0.717) is 25.2 Å². The summed E-state index contributed by atoms with van der Waals surface area (Å²) in [4.78, 5) is 19.7. The Hall–Kier alpha value is -2.70. The highest BCUT2D eigenvalue weighted by atomic mass is 19.1. The van der Waals surface area contributed by atoms with Gasteiger partial charge in [0, 0.05) is 61.5 Å². The third-order valence-corrected chi connectivity index (χ3v) is 6.81. The van der Waals surface area contributed by atoms with Gasteiger partial charge >= 0.3 is 0 Å². The lowest BCUT2D eigenvalue weighted by atomic mass is 9.92. The highest BCUT2D eigenvalue weighted by molar-refractivity contribution is 5.80. The molecule has 1 aliphatic carbocycles. The number of allylic oxidation sites excluding steroid dienone is 2. The largest absolute Gasteiger partial charge is 0.339 e. The fraction of sp³-hybridized carbons (Fsp3) is 0.522. The Morgan fingerprint density at radius 1 is 1.40 bits per heavy atom. The molecule has 1 fully saturated rings. The summed E-state index contributed by atoms with van der Waals surface area (Å²) in [5, 5.41) is 5.24. The van der Waals surface area contributed by atoms with Crippen molar-refractivity contribution in [2.45, 2.75) is 51.1 Å². The summed E-state index contributed by atoms with van der Waals surface area (Å²) in [5.74, 6) is 0.747. The molecule has 5 rings (SSSR count). The van der Waals surface area contributed by atoms with Crippen molar-refractivity contribution < 1.29 is 9.18 Å². The molecule has 6 nitrogen and oxygen atoms in total. The van der Waals surface area contributed by atoms with Gasteiger partial charge in [-0.2, -0.15) is 5.10 Å². The van der Waals surface area contributed by atoms with Gasteiger partial charge in [0.1, 0.15) is 5.65 Å². The Bertz CT molecular complexity index is 1010. The molecule has 7 heteroatoms. The summed E-state index contributed by atoms with van der Waals surface area (Å²) in [6, 6.07) is 4.55. The lowest BCUT2D eigenvalue weighted by Crippen LogP contribution is -2.39. The van der Waals surface area contributed by atoms with E-state index in [9.17, 15) is 9.18 Å². The maximum absolute atomic E-state index is 13.3. The molecular formula is C23H28FN5O. The topological polar surface area (TPSA) is 62.5 Å². The van der Waals surface area contributed by atoms with Crippen molar-refractivity contribution in [2.24, 2.45) is 16.9 Å². The van der Waals surface area contributed by atoms with Gasteiger partial charge in [0.05, 0.1) is 5.83 Å². The second kappa shape index (κ2) is 7.85. The second-order valence-electron chi connectivity index (χ2n) is 8.96. The van der Waals surface area contributed by atoms with E-state index in [1.54, 1.807) is 6.08 Å². The molecule has 0 saturated carbocycles. The predicted molar refractivity (Wildman–Crippen MR) is 115 cm³/mol. The Balaban J connectivity index is 1.26. The van der Waals surface area contributed by atoms with Gasteiger partial charge in [0.25, 0.3) is 0 Å². The Labute approximate surface area is 175 Å². The Morgan fingerprint density at radius 2 is 2.30 bits per heavy atom. The number of nitrogens with one attached hydrogen (secondary N) is 1. The first kappa shape index (κ1) is 19.3. The molecule has 2 aromatic rings. The van der Waals surface area contributed by atoms with Crippen LogP contribution in [0, 0.1) is 11.8 Å². The van der Waals surface area contributed by atoms with Crippen molar-refractivity contribution in [3.63, 3.8) is 0 Å². The number of carbonyl (C=O) groups excluding carboxylic acids is 1. The first-order valence-electron chi connectivity index (χ1n) is 10.9. The number of hydrazone groups is 1. The smallest absolute Gasteiger partial charge is 0.226 e. The lowest BCUT2D eigenvalue weighted by Gasteiger charge is -2.28. The van der Waals surface area contributed by atoms with Crippen LogP contribution in [-0.4, -0.2) is 45.7 Å². The van der Waals surface area contributed by atoms with Crippen LogP contribution in [0.15, 0.2) is 41.5 Å². The summed E-state index contributed by atoms with van der Waals surface area (Å²) in [5.41, 5.74) is 5.17. The summed E-state index contributed by atoms with van der Waals surface area (Å²) < 4.78 is 15.5. The van der Waals surface area contributed by atoms with Crippen molar-refractivity contribution in [3.05, 3.63) is 42.0 Å². The van der Waals surface area contributed by atoms with Gasteiger partial charge in [0.15, 0.2) is 0 Å². The third-order valence-electron chi connectivity index (χ3n) is 6.81. The molecule has 1 saturated heterocycles. The molecule has 1 amide bonds. The molecule has 0 radical (unpaired) electrons. The van der Waals surface area contributed by atoms with E-state index in [0.717, 1.165) is 37.1 Å². The molecule has 2 aromatic heterocycles. The van der Waals surface area contributed by atoms with E-state index < -0.39 is 0 Å². The fourth-order valence-electron chi connectivity index (χ4n) is 5.12. The molecular weight excluding hydrogens is 381 g/mol. The monoisotopic (exact) mass is 409 g/mol. The average molecular weight is 410 g/mol. The summed E-state index contributed by atoms with van der Waals surface area (Å²) in [6.45, 7) is 4.58. The standard InChI is InChI=1S/C23H28FN5O/c1-15-8-16(14-29(15)23(30)17-2-4-21(24)5-3-17)13-28-7-6-18-9-19(10-25-22(18)28)20-11-26-27-12-20/h4,6-7,9-11,15-17,20,27H,2-3,5,8,12-14H2,1H3/t15-,16-,17?,20?/m0/s1. The van der Waals surface area contributed by atoms with E-state index in [-0.39, 0.29) is 29.6 Å². The van der Waals surface area contributed by atoms with Crippen LogP contribution in [0.25, 0.3) is 11.0 Å². The van der Waals surface area contributed by atoms with Crippen LogP contribution in [0.4, 0.5) is 4.39 Å². The molecule has 4 atom stereocenters. The van der Waals surface area contributed by atoms with Gasteiger partial charge in [-0.05, 0) is 56.2 Å². The molecule has 30 heavy (non-hydrogen) atoms. The van der Waals surface area contributed by atoms with E-state index in [1.807, 2.05) is 17.3 Å². The quantitative estimate of drug-likeness (QED) is 0.839. The normalized spacial score (nSPS) is 28.7. The average Bonchev–Trinajstić information content (AvgIpc) is 3.49. The highest BCUT2D eigenvalue weighted by Crippen LogP contribution is 2.32. The number of likely N-dealkylation sites (tertiary alicyclic amines) is 1. The third kappa shape index (κ3) is 3.61. The van der Waals surface area contributed by atoms with Crippen molar-refractivity contribution in [1.82, 2.24) is 19.9 Å².